The van der Waals surface area contributed by atoms with Crippen LogP contribution in [0.2, 0.25) is 5.15 Å². The third-order valence-corrected chi connectivity index (χ3v) is 7.62. The van der Waals surface area contributed by atoms with Gasteiger partial charge in [0.15, 0.2) is 28.1 Å². The fraction of sp³-hybridized carbons (Fsp3) is 0.333. The molecular weight excluding hydrogens is 550 g/mol. The van der Waals surface area contributed by atoms with E-state index in [0.717, 1.165) is 0 Å². The number of aromatic nitrogens is 5. The molecule has 1 N–H and O–H groups in total. The Bertz CT molecular complexity index is 1590. The molecule has 0 radical (unpaired) electrons. The summed E-state index contributed by atoms with van der Waals surface area (Å²) in [5.74, 6) is 1.47. The van der Waals surface area contributed by atoms with E-state index in [1.165, 1.54) is 18.5 Å². The van der Waals surface area contributed by atoms with E-state index in [1.807, 2.05) is 6.92 Å². The number of nitrogens with one attached hydrogen (secondary N) is 1. The fourth-order valence-electron chi connectivity index (χ4n) is 4.12. The normalized spacial score (nSPS) is 14.4. The zero-order valence-corrected chi connectivity index (χ0v) is 23.0. The summed E-state index contributed by atoms with van der Waals surface area (Å²) in [5, 5.41) is -0.168. The van der Waals surface area contributed by atoms with E-state index in [2.05, 4.69) is 24.7 Å². The first-order chi connectivity index (χ1) is 18.9. The molecule has 0 atom stereocenters. The minimum atomic E-state index is -3.98. The van der Waals surface area contributed by atoms with Crippen LogP contribution in [0.3, 0.4) is 0 Å². The number of ether oxygens (including phenoxy) is 4. The lowest BCUT2D eigenvalue weighted by atomic mass is 10.2. The highest BCUT2D eigenvalue weighted by molar-refractivity contribution is 7.90. The van der Waals surface area contributed by atoms with Crippen LogP contribution in [0.5, 0.6) is 17.4 Å². The molecule has 15 heteroatoms. The van der Waals surface area contributed by atoms with Gasteiger partial charge >= 0.3 is 10.2 Å². The van der Waals surface area contributed by atoms with Gasteiger partial charge in [-0.3, -0.25) is 9.29 Å². The topological polar surface area (TPSA) is 143 Å². The minimum Gasteiger partial charge on any atom is -0.494 e. The Kier molecular flexibility index (Phi) is 7.70. The van der Waals surface area contributed by atoms with Crippen LogP contribution in [0.4, 0.5) is 5.82 Å². The molecule has 0 aliphatic carbocycles. The number of halogens is 1. The van der Waals surface area contributed by atoms with Crippen molar-refractivity contribution in [3.05, 3.63) is 41.6 Å². The molecule has 1 aliphatic heterocycles. The predicted octanol–water partition coefficient (Wildman–Crippen LogP) is 3.18. The average Bonchev–Trinajstić information content (AvgIpc) is 3.31. The molecule has 208 valence electrons. The maximum Gasteiger partial charge on any atom is 0.303 e. The molecular formula is C24H28ClN7O6S. The second kappa shape index (κ2) is 11.2. The summed E-state index contributed by atoms with van der Waals surface area (Å²) in [7, 11) is -0.933. The Hall–Kier alpha value is -3.72. The molecule has 13 nitrogen and oxygen atoms in total. The van der Waals surface area contributed by atoms with Gasteiger partial charge in [0.05, 0.1) is 34.0 Å². The van der Waals surface area contributed by atoms with E-state index >= 15 is 0 Å². The van der Waals surface area contributed by atoms with Gasteiger partial charge in [-0.15, -0.1) is 0 Å². The molecule has 0 bridgehead atoms. The van der Waals surface area contributed by atoms with Gasteiger partial charge < -0.3 is 18.9 Å². The van der Waals surface area contributed by atoms with Crippen LogP contribution in [-0.4, -0.2) is 84.4 Å². The molecule has 39 heavy (non-hydrogen) atoms. The molecule has 1 aromatic carbocycles. The van der Waals surface area contributed by atoms with Crippen LogP contribution in [0.25, 0.3) is 28.5 Å². The van der Waals surface area contributed by atoms with Crippen LogP contribution in [0.1, 0.15) is 8.35 Å². The van der Waals surface area contributed by atoms with Gasteiger partial charge in [0.25, 0.3) is 0 Å². The Morgan fingerprint density at radius 2 is 1.72 bits per heavy atom. The molecule has 0 amide bonds. The van der Waals surface area contributed by atoms with Crippen molar-refractivity contribution in [2.75, 3.05) is 51.9 Å². The molecule has 1 saturated heterocycles. The quantitative estimate of drug-likeness (QED) is 0.315. The highest BCUT2D eigenvalue weighted by atomic mass is 35.5. The lowest BCUT2D eigenvalue weighted by molar-refractivity contribution is 0.0733. The number of anilines is 1. The van der Waals surface area contributed by atoms with Crippen molar-refractivity contribution in [3.8, 4) is 34.6 Å². The van der Waals surface area contributed by atoms with E-state index in [4.69, 9.17) is 30.5 Å². The molecule has 4 aromatic rings. The Balaban J connectivity index is 0.00000370. The van der Waals surface area contributed by atoms with Crippen molar-refractivity contribution in [3.63, 3.8) is 0 Å². The Morgan fingerprint density at radius 3 is 2.38 bits per heavy atom. The van der Waals surface area contributed by atoms with Crippen molar-refractivity contribution in [2.45, 2.75) is 6.92 Å². The van der Waals surface area contributed by atoms with Gasteiger partial charge in [-0.25, -0.2) is 19.9 Å². The molecule has 0 spiro atoms. The number of hydrogen-bond donors (Lipinski definition) is 1. The monoisotopic (exact) mass is 577 g/mol. The van der Waals surface area contributed by atoms with Gasteiger partial charge in [0, 0.05) is 20.6 Å². The number of morpholine rings is 1. The van der Waals surface area contributed by atoms with Crippen molar-refractivity contribution in [2.24, 2.45) is 0 Å². The molecule has 0 unspecified atom stereocenters. The highest BCUT2D eigenvalue weighted by Gasteiger charge is 2.28. The summed E-state index contributed by atoms with van der Waals surface area (Å²) in [6.45, 7) is 3.26. The number of methoxy groups -OCH3 is 2. The second-order valence-electron chi connectivity index (χ2n) is 8.20. The van der Waals surface area contributed by atoms with Crippen molar-refractivity contribution in [1.29, 1.82) is 0 Å². The van der Waals surface area contributed by atoms with Crippen LogP contribution in [0, 0.1) is 0 Å². The molecule has 3 aromatic heterocycles. The second-order valence-corrected chi connectivity index (χ2v) is 10.2. The number of nitrogens with zero attached hydrogens (tertiary/aromatic N) is 6. The number of pyridine rings is 1. The van der Waals surface area contributed by atoms with E-state index in [-0.39, 0.29) is 50.0 Å². The van der Waals surface area contributed by atoms with Crippen LogP contribution < -0.4 is 18.9 Å². The minimum absolute atomic E-state index is 0. The summed E-state index contributed by atoms with van der Waals surface area (Å²) in [6.07, 6.45) is 0. The number of rotatable bonds is 9. The third kappa shape index (κ3) is 5.28. The molecule has 0 saturated carbocycles. The first-order valence-electron chi connectivity index (χ1n) is 12.0. The lowest BCUT2D eigenvalue weighted by Crippen LogP contribution is -2.43. The van der Waals surface area contributed by atoms with Gasteiger partial charge in [-0.1, -0.05) is 23.7 Å². The van der Waals surface area contributed by atoms with Crippen molar-refractivity contribution >= 4 is 38.9 Å². The number of imidazole rings is 1. The SMILES string of the molecule is CCOc1cccc(-c2nc3nc(Cl)c(NS(=O)(=O)N4CCOCC4)nc3n2-c2c(OC)cccc2OC)n1.[HH]. The van der Waals surface area contributed by atoms with Crippen molar-refractivity contribution < 1.29 is 28.8 Å². The van der Waals surface area contributed by atoms with Gasteiger partial charge in [-0.05, 0) is 25.1 Å². The zero-order chi connectivity index (χ0) is 27.6. The highest BCUT2D eigenvalue weighted by Crippen LogP contribution is 2.38. The van der Waals surface area contributed by atoms with E-state index in [1.54, 1.807) is 41.0 Å². The first-order valence-corrected chi connectivity index (χ1v) is 13.8. The summed E-state index contributed by atoms with van der Waals surface area (Å²) in [5.41, 5.74) is 1.25. The van der Waals surface area contributed by atoms with E-state index < -0.39 is 10.2 Å². The number of para-hydroxylation sites is 1. The van der Waals surface area contributed by atoms with Gasteiger partial charge in [0.1, 0.15) is 22.9 Å². The van der Waals surface area contributed by atoms with Crippen LogP contribution in [-0.2, 0) is 14.9 Å². The smallest absolute Gasteiger partial charge is 0.303 e. The average molecular weight is 578 g/mol. The summed E-state index contributed by atoms with van der Waals surface area (Å²) in [6, 6.07) is 10.6. The maximum absolute atomic E-state index is 13.1. The number of benzene rings is 1. The summed E-state index contributed by atoms with van der Waals surface area (Å²) >= 11 is 6.41. The van der Waals surface area contributed by atoms with E-state index in [0.29, 0.717) is 41.2 Å². The standard InChI is InChI=1S/C24H26ClN7O6S.H2/c1-4-38-18-10-5-7-15(26-18)23-29-22-24(32(23)19-16(35-2)8-6-9-17(19)36-3)28-21(20(25)27-22)30-39(33,34)31-11-13-37-14-12-31;/h5-10H,4,11-14H2,1-3H3,(H,28,30);1H. The molecule has 1 fully saturated rings. The summed E-state index contributed by atoms with van der Waals surface area (Å²) in [4.78, 5) is 18.2. The Morgan fingerprint density at radius 1 is 1.03 bits per heavy atom. The summed E-state index contributed by atoms with van der Waals surface area (Å²) < 4.78 is 53.6. The Labute approximate surface area is 231 Å². The predicted molar refractivity (Wildman–Crippen MR) is 146 cm³/mol. The van der Waals surface area contributed by atoms with Crippen LogP contribution >= 0.6 is 11.6 Å². The molecule has 4 heterocycles. The third-order valence-electron chi connectivity index (χ3n) is 5.86. The molecule has 1 aliphatic rings. The lowest BCUT2D eigenvalue weighted by Gasteiger charge is -2.26. The first kappa shape index (κ1) is 26.9. The maximum atomic E-state index is 13.1. The van der Waals surface area contributed by atoms with Crippen LogP contribution in [0.15, 0.2) is 36.4 Å². The van der Waals surface area contributed by atoms with Gasteiger partial charge in [-0.2, -0.15) is 12.7 Å². The number of hydrogen-bond acceptors (Lipinski definition) is 10. The largest absolute Gasteiger partial charge is 0.494 e. The van der Waals surface area contributed by atoms with E-state index in [9.17, 15) is 8.42 Å². The molecule has 5 rings (SSSR count). The van der Waals surface area contributed by atoms with Crippen molar-refractivity contribution in [1.82, 2.24) is 28.8 Å². The zero-order valence-electron chi connectivity index (χ0n) is 21.4. The number of fused-ring (bicyclic) bond motifs is 1. The fourth-order valence-corrected chi connectivity index (χ4v) is 5.49. The van der Waals surface area contributed by atoms with Gasteiger partial charge in [0.2, 0.25) is 5.88 Å².